The lowest BCUT2D eigenvalue weighted by atomic mass is 9.90. The molecule has 2 rings (SSSR count). The maximum Gasteiger partial charge on any atom is 0.233 e. The second-order valence-electron chi connectivity index (χ2n) is 5.47. The summed E-state index contributed by atoms with van der Waals surface area (Å²) < 4.78 is 0. The minimum absolute atomic E-state index is 0.0918. The summed E-state index contributed by atoms with van der Waals surface area (Å²) in [7, 11) is 0. The smallest absolute Gasteiger partial charge is 0.233 e. The van der Waals surface area contributed by atoms with Crippen LogP contribution >= 0.6 is 0 Å². The van der Waals surface area contributed by atoms with E-state index in [-0.39, 0.29) is 35.6 Å². The van der Waals surface area contributed by atoms with Gasteiger partial charge in [0.25, 0.3) is 0 Å². The third-order valence-electron chi connectivity index (χ3n) is 3.59. The lowest BCUT2D eigenvalue weighted by Crippen LogP contribution is -2.33. The average Bonchev–Trinajstić information content (AvgIpc) is 2.49. The number of nitrogens with one attached hydrogen (secondary N) is 1. The van der Waals surface area contributed by atoms with Gasteiger partial charge in [-0.15, -0.1) is 0 Å². The summed E-state index contributed by atoms with van der Waals surface area (Å²) in [6.45, 7) is 3.29. The first-order valence-corrected chi connectivity index (χ1v) is 7.39. The molecule has 0 saturated heterocycles. The van der Waals surface area contributed by atoms with Crippen LogP contribution in [0.2, 0.25) is 0 Å². The Balaban J connectivity index is 2.15. The molecule has 122 valence electrons. The van der Waals surface area contributed by atoms with Gasteiger partial charge in [-0.1, -0.05) is 19.1 Å². The van der Waals surface area contributed by atoms with E-state index in [2.05, 4.69) is 10.4 Å². The molecule has 7 nitrogen and oxygen atoms in total. The number of hydroxylamine groups is 1. The third-order valence-corrected chi connectivity index (χ3v) is 3.59. The lowest BCUT2D eigenvalue weighted by molar-refractivity contribution is -0.130. The number of hydrazone groups is 1. The van der Waals surface area contributed by atoms with Crippen LogP contribution in [0.15, 0.2) is 29.4 Å². The highest BCUT2D eigenvalue weighted by Crippen LogP contribution is 2.24. The van der Waals surface area contributed by atoms with Gasteiger partial charge in [0.2, 0.25) is 11.8 Å². The number of hydrogen-bond donors (Lipinski definition) is 1. The van der Waals surface area contributed by atoms with Gasteiger partial charge < -0.3 is 15.7 Å². The molecule has 7 heteroatoms. The molecule has 2 amide bonds. The molecule has 1 aliphatic heterocycles. The molecule has 1 heterocycles. The van der Waals surface area contributed by atoms with Crippen molar-refractivity contribution >= 4 is 29.0 Å². The van der Waals surface area contributed by atoms with Crippen molar-refractivity contribution in [3.05, 3.63) is 35.0 Å². The zero-order chi connectivity index (χ0) is 17.0. The molecule has 0 bridgehead atoms. The summed E-state index contributed by atoms with van der Waals surface area (Å²) in [5, 5.41) is 18.0. The second-order valence-corrected chi connectivity index (χ2v) is 5.47. The monoisotopic (exact) mass is 316 g/mol. The van der Waals surface area contributed by atoms with Crippen LogP contribution in [0.1, 0.15) is 38.7 Å². The molecule has 23 heavy (non-hydrogen) atoms. The van der Waals surface area contributed by atoms with Crippen LogP contribution < -0.4 is 5.32 Å². The third kappa shape index (κ3) is 4.23. The van der Waals surface area contributed by atoms with Gasteiger partial charge in [0, 0.05) is 18.0 Å². The van der Waals surface area contributed by atoms with Gasteiger partial charge in [-0.2, -0.15) is 5.10 Å². The van der Waals surface area contributed by atoms with E-state index in [0.717, 1.165) is 5.56 Å². The molecular formula is C16H18N3O4-. The largest absolute Gasteiger partial charge is 0.735 e. The van der Waals surface area contributed by atoms with Crippen LogP contribution in [0.4, 0.5) is 5.69 Å². The van der Waals surface area contributed by atoms with Crippen LogP contribution in [-0.4, -0.2) is 28.5 Å². The number of hydrogen-bond acceptors (Lipinski definition) is 5. The average molecular weight is 316 g/mol. The van der Waals surface area contributed by atoms with Crippen LogP contribution in [0.3, 0.4) is 0 Å². The van der Waals surface area contributed by atoms with E-state index >= 15 is 0 Å². The summed E-state index contributed by atoms with van der Waals surface area (Å²) in [4.78, 5) is 33.9. The van der Waals surface area contributed by atoms with Crippen molar-refractivity contribution in [2.24, 2.45) is 11.0 Å². The van der Waals surface area contributed by atoms with Gasteiger partial charge >= 0.3 is 0 Å². The standard InChI is InChI=1S/C16H18N3O4/c1-3-11-9-15(22)19(23)18-16(11)12-4-6-13(7-5-12)17-14(21)8-10(2)20/h4-7,11H,3,8-9H2,1-2H3,(H,17,21)/q-1. The first-order valence-electron chi connectivity index (χ1n) is 7.39. The maximum atomic E-state index is 11.5. The molecule has 1 N–H and O–H groups in total. The normalized spacial score (nSPS) is 17.7. The van der Waals surface area contributed by atoms with Gasteiger partial charge in [0.15, 0.2) is 0 Å². The fourth-order valence-electron chi connectivity index (χ4n) is 2.41. The Kier molecular flexibility index (Phi) is 5.23. The van der Waals surface area contributed by atoms with Crippen molar-refractivity contribution in [3.63, 3.8) is 0 Å². The summed E-state index contributed by atoms with van der Waals surface area (Å²) in [5.41, 5.74) is 1.86. The highest BCUT2D eigenvalue weighted by Gasteiger charge is 2.25. The van der Waals surface area contributed by atoms with E-state index in [1.54, 1.807) is 24.3 Å². The van der Waals surface area contributed by atoms with E-state index in [1.165, 1.54) is 6.92 Å². The number of Topliss-reactive ketones (excluding diaryl/α,β-unsaturated/α-hetero) is 1. The van der Waals surface area contributed by atoms with E-state index in [1.807, 2.05) is 6.92 Å². The Morgan fingerprint density at radius 1 is 1.35 bits per heavy atom. The van der Waals surface area contributed by atoms with Crippen molar-refractivity contribution in [2.45, 2.75) is 33.1 Å². The minimum atomic E-state index is -0.534. The minimum Gasteiger partial charge on any atom is -0.735 e. The number of rotatable bonds is 5. The molecule has 1 atom stereocenters. The summed E-state index contributed by atoms with van der Waals surface area (Å²) >= 11 is 0. The Morgan fingerprint density at radius 2 is 2.00 bits per heavy atom. The number of carbonyl (C=O) groups is 3. The van der Waals surface area contributed by atoms with Gasteiger partial charge in [-0.05, 0) is 31.0 Å². The SMILES string of the molecule is CCC1CC(=O)N([O-])N=C1c1ccc(NC(=O)CC(C)=O)cc1. The van der Waals surface area contributed by atoms with E-state index in [0.29, 0.717) is 17.8 Å². The molecule has 0 aromatic heterocycles. The van der Waals surface area contributed by atoms with Crippen LogP contribution in [0.25, 0.3) is 0 Å². The van der Waals surface area contributed by atoms with E-state index < -0.39 is 5.91 Å². The molecule has 1 aliphatic rings. The Hall–Kier alpha value is -2.54. The first kappa shape index (κ1) is 16.8. The number of nitrogens with zero attached hydrogens (tertiary/aromatic N) is 2. The molecule has 1 aromatic carbocycles. The highest BCUT2D eigenvalue weighted by atomic mass is 16.5. The van der Waals surface area contributed by atoms with Crippen molar-refractivity contribution < 1.29 is 14.4 Å². The molecule has 0 saturated carbocycles. The summed E-state index contributed by atoms with van der Waals surface area (Å²) in [6, 6.07) is 6.81. The van der Waals surface area contributed by atoms with Gasteiger partial charge in [-0.25, -0.2) is 0 Å². The van der Waals surface area contributed by atoms with E-state index in [4.69, 9.17) is 0 Å². The fourth-order valence-corrected chi connectivity index (χ4v) is 2.41. The highest BCUT2D eigenvalue weighted by molar-refractivity contribution is 6.07. The lowest BCUT2D eigenvalue weighted by Gasteiger charge is -2.32. The van der Waals surface area contributed by atoms with E-state index in [9.17, 15) is 19.6 Å². The Bertz CT molecular complexity index is 652. The predicted molar refractivity (Wildman–Crippen MR) is 85.5 cm³/mol. The maximum absolute atomic E-state index is 11.5. The number of amides is 2. The number of benzene rings is 1. The molecule has 0 fully saturated rings. The van der Waals surface area contributed by atoms with Gasteiger partial charge in [0.1, 0.15) is 5.78 Å². The van der Waals surface area contributed by atoms with Crippen molar-refractivity contribution in [3.8, 4) is 0 Å². The molecule has 0 radical (unpaired) electrons. The van der Waals surface area contributed by atoms with Crippen LogP contribution in [-0.2, 0) is 14.4 Å². The number of carbonyl (C=O) groups excluding carboxylic acids is 3. The second kappa shape index (κ2) is 7.15. The van der Waals surface area contributed by atoms with Gasteiger partial charge in [0.05, 0.1) is 12.1 Å². The summed E-state index contributed by atoms with van der Waals surface area (Å²) in [6.07, 6.45) is 0.686. The molecule has 1 aromatic rings. The zero-order valence-corrected chi connectivity index (χ0v) is 13.0. The first-order chi connectivity index (χ1) is 10.9. The quantitative estimate of drug-likeness (QED) is 0.840. The predicted octanol–water partition coefficient (Wildman–Crippen LogP) is 2.06. The molecule has 0 aliphatic carbocycles. The van der Waals surface area contributed by atoms with Crippen LogP contribution in [0.5, 0.6) is 0 Å². The molecule has 1 unspecified atom stereocenters. The Morgan fingerprint density at radius 3 is 2.57 bits per heavy atom. The zero-order valence-electron chi connectivity index (χ0n) is 13.0. The topological polar surface area (TPSA) is 102 Å². The number of ketones is 1. The summed E-state index contributed by atoms with van der Waals surface area (Å²) in [5.74, 6) is -1.20. The van der Waals surface area contributed by atoms with Crippen molar-refractivity contribution in [2.75, 3.05) is 5.32 Å². The van der Waals surface area contributed by atoms with Crippen molar-refractivity contribution in [1.82, 2.24) is 5.17 Å². The van der Waals surface area contributed by atoms with Crippen molar-refractivity contribution in [1.29, 1.82) is 0 Å². The number of anilines is 1. The Labute approximate surface area is 133 Å². The molecular weight excluding hydrogens is 298 g/mol. The van der Waals surface area contributed by atoms with Crippen LogP contribution in [0, 0.1) is 11.1 Å². The van der Waals surface area contributed by atoms with Gasteiger partial charge in [-0.3, -0.25) is 14.4 Å². The fraction of sp³-hybridized carbons (Fsp3) is 0.375. The molecule has 0 spiro atoms.